The van der Waals surface area contributed by atoms with E-state index in [2.05, 4.69) is 4.98 Å². The van der Waals surface area contributed by atoms with Gasteiger partial charge in [-0.25, -0.2) is 4.79 Å². The minimum absolute atomic E-state index is 0.364. The molecule has 0 atom stereocenters. The Morgan fingerprint density at radius 2 is 1.94 bits per heavy atom. The summed E-state index contributed by atoms with van der Waals surface area (Å²) in [4.78, 5) is 15.8. The Morgan fingerprint density at radius 3 is 2.59 bits per heavy atom. The maximum Gasteiger partial charge on any atom is 0.340 e. The highest BCUT2D eigenvalue weighted by molar-refractivity contribution is 5.96. The van der Waals surface area contributed by atoms with E-state index in [1.165, 1.54) is 7.11 Å². The predicted molar refractivity (Wildman–Crippen MR) is 65.7 cm³/mol. The third-order valence-electron chi connectivity index (χ3n) is 2.53. The van der Waals surface area contributed by atoms with Crippen LogP contribution in [0, 0.1) is 6.92 Å². The summed E-state index contributed by atoms with van der Waals surface area (Å²) in [6, 6.07) is 11.6. The van der Waals surface area contributed by atoms with Crippen molar-refractivity contribution in [2.24, 2.45) is 0 Å². The van der Waals surface area contributed by atoms with Crippen LogP contribution in [0.25, 0.3) is 11.1 Å². The fourth-order valence-corrected chi connectivity index (χ4v) is 1.69. The molecule has 1 aromatic heterocycles. The molecule has 0 amide bonds. The lowest BCUT2D eigenvalue weighted by Crippen LogP contribution is -2.05. The van der Waals surface area contributed by atoms with Gasteiger partial charge in [0.2, 0.25) is 0 Å². The van der Waals surface area contributed by atoms with Crippen LogP contribution in [-0.2, 0) is 4.74 Å². The van der Waals surface area contributed by atoms with Crippen LogP contribution < -0.4 is 0 Å². The number of carbonyl (C=O) groups excluding carboxylic acids is 1. The van der Waals surface area contributed by atoms with Crippen molar-refractivity contribution in [1.82, 2.24) is 4.98 Å². The zero-order valence-electron chi connectivity index (χ0n) is 9.81. The molecule has 0 N–H and O–H groups in total. The first-order valence-electron chi connectivity index (χ1n) is 5.33. The molecule has 0 aliphatic heterocycles. The van der Waals surface area contributed by atoms with Crippen LogP contribution >= 0.6 is 0 Å². The number of esters is 1. The van der Waals surface area contributed by atoms with Gasteiger partial charge < -0.3 is 4.74 Å². The summed E-state index contributed by atoms with van der Waals surface area (Å²) in [5.41, 5.74) is 3.20. The zero-order valence-corrected chi connectivity index (χ0v) is 9.81. The van der Waals surface area contributed by atoms with Gasteiger partial charge in [-0.2, -0.15) is 0 Å². The molecule has 0 radical (unpaired) electrons. The van der Waals surface area contributed by atoms with Gasteiger partial charge in [-0.1, -0.05) is 30.3 Å². The van der Waals surface area contributed by atoms with Gasteiger partial charge in [-0.15, -0.1) is 0 Å². The van der Waals surface area contributed by atoms with E-state index >= 15 is 0 Å². The lowest BCUT2D eigenvalue weighted by Gasteiger charge is -2.08. The van der Waals surface area contributed by atoms with Crippen molar-refractivity contribution in [3.8, 4) is 11.1 Å². The standard InChI is InChI=1S/C14H13NO2/c1-10-8-12(11-6-4-3-5-7-11)13(9-15-10)14(16)17-2/h3-9H,1-2H3. The second-order valence-corrected chi connectivity index (χ2v) is 3.73. The molecule has 0 saturated carbocycles. The summed E-state index contributed by atoms with van der Waals surface area (Å²) in [6.07, 6.45) is 1.56. The first kappa shape index (κ1) is 11.3. The topological polar surface area (TPSA) is 39.2 Å². The molecule has 2 rings (SSSR count). The highest BCUT2D eigenvalue weighted by Crippen LogP contribution is 2.24. The second kappa shape index (κ2) is 4.78. The van der Waals surface area contributed by atoms with Gasteiger partial charge >= 0.3 is 5.97 Å². The molecule has 86 valence electrons. The summed E-state index contributed by atoms with van der Waals surface area (Å²) in [7, 11) is 1.37. The summed E-state index contributed by atoms with van der Waals surface area (Å²) in [5, 5.41) is 0. The van der Waals surface area contributed by atoms with Gasteiger partial charge in [0.05, 0.1) is 12.7 Å². The lowest BCUT2D eigenvalue weighted by atomic mass is 10.0. The Balaban J connectivity index is 2.59. The Labute approximate surface area is 100 Å². The number of pyridine rings is 1. The number of benzene rings is 1. The highest BCUT2D eigenvalue weighted by Gasteiger charge is 2.13. The Kier molecular flexibility index (Phi) is 3.19. The van der Waals surface area contributed by atoms with E-state index in [1.54, 1.807) is 6.20 Å². The summed E-state index contributed by atoms with van der Waals surface area (Å²) in [5.74, 6) is -0.364. The average Bonchev–Trinajstić information content (AvgIpc) is 2.39. The van der Waals surface area contributed by atoms with E-state index in [9.17, 15) is 4.79 Å². The lowest BCUT2D eigenvalue weighted by molar-refractivity contribution is 0.0601. The number of hydrogen-bond donors (Lipinski definition) is 0. The van der Waals surface area contributed by atoms with Gasteiger partial charge in [0.15, 0.2) is 0 Å². The summed E-state index contributed by atoms with van der Waals surface area (Å²) < 4.78 is 4.76. The number of methoxy groups -OCH3 is 1. The van der Waals surface area contributed by atoms with E-state index < -0.39 is 0 Å². The van der Waals surface area contributed by atoms with Crippen molar-refractivity contribution >= 4 is 5.97 Å². The molecule has 0 spiro atoms. The Hall–Kier alpha value is -2.16. The summed E-state index contributed by atoms with van der Waals surface area (Å²) >= 11 is 0. The van der Waals surface area contributed by atoms with Gasteiger partial charge in [0.25, 0.3) is 0 Å². The van der Waals surface area contributed by atoms with E-state index in [0.717, 1.165) is 16.8 Å². The Bertz CT molecular complexity index is 535. The van der Waals surface area contributed by atoms with Crippen LogP contribution in [-0.4, -0.2) is 18.1 Å². The molecule has 17 heavy (non-hydrogen) atoms. The minimum Gasteiger partial charge on any atom is -0.465 e. The van der Waals surface area contributed by atoms with Crippen LogP contribution in [0.1, 0.15) is 16.1 Å². The second-order valence-electron chi connectivity index (χ2n) is 3.73. The normalized spacial score (nSPS) is 10.0. The van der Waals surface area contributed by atoms with Gasteiger partial charge in [-0.05, 0) is 24.1 Å². The SMILES string of the molecule is COC(=O)c1cnc(C)cc1-c1ccccc1. The minimum atomic E-state index is -0.364. The van der Waals surface area contributed by atoms with Crippen molar-refractivity contribution in [2.45, 2.75) is 6.92 Å². The summed E-state index contributed by atoms with van der Waals surface area (Å²) in [6.45, 7) is 1.90. The molecule has 1 aromatic carbocycles. The van der Waals surface area contributed by atoms with Crippen LogP contribution in [0.5, 0.6) is 0 Å². The van der Waals surface area contributed by atoms with Crippen molar-refractivity contribution in [3.63, 3.8) is 0 Å². The Morgan fingerprint density at radius 1 is 1.24 bits per heavy atom. The van der Waals surface area contributed by atoms with Crippen LogP contribution in [0.15, 0.2) is 42.6 Å². The highest BCUT2D eigenvalue weighted by atomic mass is 16.5. The molecule has 0 unspecified atom stereocenters. The van der Waals surface area contributed by atoms with E-state index in [1.807, 2.05) is 43.3 Å². The molecule has 0 bridgehead atoms. The molecule has 0 fully saturated rings. The van der Waals surface area contributed by atoms with E-state index in [0.29, 0.717) is 5.56 Å². The molecule has 3 heteroatoms. The number of hydrogen-bond acceptors (Lipinski definition) is 3. The number of carbonyl (C=O) groups is 1. The fourth-order valence-electron chi connectivity index (χ4n) is 1.69. The number of rotatable bonds is 2. The van der Waals surface area contributed by atoms with Crippen LogP contribution in [0.2, 0.25) is 0 Å². The smallest absolute Gasteiger partial charge is 0.340 e. The van der Waals surface area contributed by atoms with Gasteiger partial charge in [-0.3, -0.25) is 4.98 Å². The van der Waals surface area contributed by atoms with Crippen molar-refractivity contribution in [2.75, 3.05) is 7.11 Å². The maximum absolute atomic E-state index is 11.7. The maximum atomic E-state index is 11.7. The molecule has 0 aliphatic rings. The molecule has 0 aliphatic carbocycles. The van der Waals surface area contributed by atoms with Crippen molar-refractivity contribution < 1.29 is 9.53 Å². The number of ether oxygens (including phenoxy) is 1. The van der Waals surface area contributed by atoms with Crippen molar-refractivity contribution in [1.29, 1.82) is 0 Å². The third kappa shape index (κ3) is 2.33. The van der Waals surface area contributed by atoms with E-state index in [4.69, 9.17) is 4.74 Å². The van der Waals surface area contributed by atoms with E-state index in [-0.39, 0.29) is 5.97 Å². The number of aromatic nitrogens is 1. The quantitative estimate of drug-likeness (QED) is 0.740. The average molecular weight is 227 g/mol. The first-order valence-corrected chi connectivity index (χ1v) is 5.33. The first-order chi connectivity index (χ1) is 8.22. The largest absolute Gasteiger partial charge is 0.465 e. The molecule has 2 aromatic rings. The molecular formula is C14H13NO2. The van der Waals surface area contributed by atoms with Gasteiger partial charge in [0, 0.05) is 11.9 Å². The molecule has 0 saturated heterocycles. The number of nitrogens with zero attached hydrogens (tertiary/aromatic N) is 1. The van der Waals surface area contributed by atoms with Crippen molar-refractivity contribution in [3.05, 3.63) is 53.9 Å². The molecule has 3 nitrogen and oxygen atoms in total. The van der Waals surface area contributed by atoms with Crippen LogP contribution in [0.3, 0.4) is 0 Å². The van der Waals surface area contributed by atoms with Crippen LogP contribution in [0.4, 0.5) is 0 Å². The fraction of sp³-hybridized carbons (Fsp3) is 0.143. The van der Waals surface area contributed by atoms with Gasteiger partial charge in [0.1, 0.15) is 0 Å². The third-order valence-corrected chi connectivity index (χ3v) is 2.53. The predicted octanol–water partition coefficient (Wildman–Crippen LogP) is 2.84. The monoisotopic (exact) mass is 227 g/mol. The number of aryl methyl sites for hydroxylation is 1. The molecular weight excluding hydrogens is 214 g/mol. The molecule has 1 heterocycles. The zero-order chi connectivity index (χ0) is 12.3.